The summed E-state index contributed by atoms with van der Waals surface area (Å²) >= 11 is 0. The lowest BCUT2D eigenvalue weighted by atomic mass is 10.1. The summed E-state index contributed by atoms with van der Waals surface area (Å²) in [5.74, 6) is 0. The van der Waals surface area contributed by atoms with Gasteiger partial charge in [0.1, 0.15) is 0 Å². The van der Waals surface area contributed by atoms with Gasteiger partial charge in [-0.2, -0.15) is 0 Å². The van der Waals surface area contributed by atoms with Crippen LogP contribution in [0.5, 0.6) is 0 Å². The number of fused-ring (bicyclic) bond motifs is 3. The molecule has 0 spiro atoms. The fraction of sp³-hybridized carbons (Fsp3) is 0.300. The van der Waals surface area contributed by atoms with Crippen LogP contribution in [0.1, 0.15) is 17.5 Å². The Balaban J connectivity index is 2.48. The number of rotatable bonds is 0. The van der Waals surface area contributed by atoms with Crippen LogP contribution in [0.4, 0.5) is 0 Å². The largest absolute Gasteiger partial charge is 0.594 e. The summed E-state index contributed by atoms with van der Waals surface area (Å²) in [6, 6.07) is 1.72. The van der Waals surface area contributed by atoms with E-state index >= 15 is 0 Å². The van der Waals surface area contributed by atoms with Gasteiger partial charge >= 0.3 is 0 Å². The fourth-order valence-corrected chi connectivity index (χ4v) is 2.21. The number of nitrogens with one attached hydrogen (secondary N) is 1. The van der Waals surface area contributed by atoms with Gasteiger partial charge in [0.25, 0.3) is 5.56 Å². The Hall–Kier alpha value is -1.91. The molecule has 0 amide bonds. The van der Waals surface area contributed by atoms with Crippen molar-refractivity contribution in [2.45, 2.75) is 19.3 Å². The van der Waals surface area contributed by atoms with Crippen molar-refractivity contribution in [1.29, 1.82) is 0 Å². The number of H-pyrrole nitrogens is 1. The number of hydrogen-bond donors (Lipinski definition) is 1. The van der Waals surface area contributed by atoms with E-state index in [0.717, 1.165) is 35.8 Å². The molecule has 2 aromatic rings. The Morgan fingerprint density at radius 2 is 2.20 bits per heavy atom. The molecule has 76 valence electrons. The Morgan fingerprint density at radius 3 is 3.07 bits per heavy atom. The van der Waals surface area contributed by atoms with Gasteiger partial charge < -0.3 is 10.2 Å². The van der Waals surface area contributed by atoms with Gasteiger partial charge in [-0.05, 0) is 24.8 Å². The number of nitrogens with zero attached hydrogens (tertiary/aromatic N) is 2. The molecule has 5 heteroatoms. The molecule has 1 aliphatic rings. The number of hydrogen-bond acceptors (Lipinski definition) is 3. The lowest BCUT2D eigenvalue weighted by Gasteiger charge is -2.02. The van der Waals surface area contributed by atoms with E-state index in [2.05, 4.69) is 10.1 Å². The van der Waals surface area contributed by atoms with E-state index in [-0.39, 0.29) is 5.56 Å². The molecular formula is C10H9N3O2. The van der Waals surface area contributed by atoms with E-state index in [1.807, 2.05) is 0 Å². The molecule has 0 radical (unpaired) electrons. The van der Waals surface area contributed by atoms with Gasteiger partial charge in [-0.3, -0.25) is 4.79 Å². The standard InChI is InChI=1S/C10H9N3O2/c14-10-8-3-1-2-6(8)7-4-5-13(15)12-9(7)11-10/h4-5H,1-3H2,(H,11,12,14). The van der Waals surface area contributed by atoms with Crippen LogP contribution in [0.15, 0.2) is 17.1 Å². The highest BCUT2D eigenvalue weighted by molar-refractivity contribution is 5.79. The highest BCUT2D eigenvalue weighted by Gasteiger charge is 2.19. The van der Waals surface area contributed by atoms with Crippen molar-refractivity contribution >= 4 is 11.0 Å². The second-order valence-corrected chi connectivity index (χ2v) is 3.75. The molecule has 2 aromatic heterocycles. The molecule has 15 heavy (non-hydrogen) atoms. The molecular weight excluding hydrogens is 194 g/mol. The van der Waals surface area contributed by atoms with Crippen LogP contribution < -0.4 is 10.4 Å². The lowest BCUT2D eigenvalue weighted by molar-refractivity contribution is -0.666. The van der Waals surface area contributed by atoms with Gasteiger partial charge in [0.2, 0.25) is 11.8 Å². The lowest BCUT2D eigenvalue weighted by Crippen LogP contribution is -2.31. The minimum atomic E-state index is -0.103. The third kappa shape index (κ3) is 1.12. The predicted octanol–water partition coefficient (Wildman–Crippen LogP) is 0.0452. The molecule has 0 atom stereocenters. The van der Waals surface area contributed by atoms with Crippen molar-refractivity contribution in [1.82, 2.24) is 10.1 Å². The van der Waals surface area contributed by atoms with Crippen molar-refractivity contribution in [2.24, 2.45) is 0 Å². The molecule has 0 fully saturated rings. The number of pyridine rings is 1. The van der Waals surface area contributed by atoms with E-state index in [9.17, 15) is 10.0 Å². The van der Waals surface area contributed by atoms with E-state index in [4.69, 9.17) is 0 Å². The number of aromatic nitrogens is 3. The summed E-state index contributed by atoms with van der Waals surface area (Å²) in [5.41, 5.74) is 2.20. The molecule has 1 N–H and O–H groups in total. The molecule has 5 nitrogen and oxygen atoms in total. The van der Waals surface area contributed by atoms with Gasteiger partial charge in [0.15, 0.2) is 0 Å². The zero-order valence-electron chi connectivity index (χ0n) is 7.99. The molecule has 0 saturated heterocycles. The summed E-state index contributed by atoms with van der Waals surface area (Å²) in [6.07, 6.45) is 4.09. The average Bonchev–Trinajstić information content (AvgIpc) is 2.66. The minimum Gasteiger partial charge on any atom is -0.594 e. The first-order valence-electron chi connectivity index (χ1n) is 4.90. The van der Waals surface area contributed by atoms with Crippen LogP contribution in [0.25, 0.3) is 11.0 Å². The van der Waals surface area contributed by atoms with E-state index in [1.165, 1.54) is 6.20 Å². The Labute approximate surface area is 84.9 Å². The van der Waals surface area contributed by atoms with Crippen LogP contribution in [0.2, 0.25) is 0 Å². The molecule has 3 rings (SSSR count). The summed E-state index contributed by atoms with van der Waals surface area (Å²) in [6.45, 7) is 0. The Morgan fingerprint density at radius 1 is 1.40 bits per heavy atom. The fourth-order valence-electron chi connectivity index (χ4n) is 2.21. The first-order chi connectivity index (χ1) is 7.25. The van der Waals surface area contributed by atoms with Crippen molar-refractivity contribution in [3.63, 3.8) is 0 Å². The summed E-state index contributed by atoms with van der Waals surface area (Å²) in [7, 11) is 0. The van der Waals surface area contributed by atoms with Gasteiger partial charge in [-0.1, -0.05) is 4.85 Å². The topological polar surface area (TPSA) is 72.7 Å². The predicted molar refractivity (Wildman–Crippen MR) is 53.3 cm³/mol. The highest BCUT2D eigenvalue weighted by Crippen LogP contribution is 2.24. The molecule has 0 aromatic carbocycles. The SMILES string of the molecule is O=c1[nH]c2n[n+]([O-])ccc2c2c1CCC2. The third-order valence-electron chi connectivity index (χ3n) is 2.87. The maximum absolute atomic E-state index is 11.6. The summed E-state index contributed by atoms with van der Waals surface area (Å²) in [4.78, 5) is 14.7. The van der Waals surface area contributed by atoms with Gasteiger partial charge in [-0.25, -0.2) is 0 Å². The first-order valence-corrected chi connectivity index (χ1v) is 4.90. The van der Waals surface area contributed by atoms with Gasteiger partial charge in [0.05, 0.1) is 0 Å². The molecule has 0 aliphatic heterocycles. The van der Waals surface area contributed by atoms with Gasteiger partial charge in [0, 0.05) is 22.1 Å². The van der Waals surface area contributed by atoms with Crippen molar-refractivity contribution < 1.29 is 4.85 Å². The molecule has 0 saturated carbocycles. The highest BCUT2D eigenvalue weighted by atomic mass is 16.5. The Kier molecular flexibility index (Phi) is 1.56. The average molecular weight is 203 g/mol. The zero-order chi connectivity index (χ0) is 10.4. The molecule has 2 heterocycles. The van der Waals surface area contributed by atoms with Crippen molar-refractivity contribution in [2.75, 3.05) is 0 Å². The minimum absolute atomic E-state index is 0.103. The van der Waals surface area contributed by atoms with E-state index in [0.29, 0.717) is 10.5 Å². The van der Waals surface area contributed by atoms with E-state index < -0.39 is 0 Å². The zero-order valence-corrected chi connectivity index (χ0v) is 7.99. The third-order valence-corrected chi connectivity index (χ3v) is 2.87. The van der Waals surface area contributed by atoms with Crippen LogP contribution >= 0.6 is 0 Å². The second-order valence-electron chi connectivity index (χ2n) is 3.75. The second kappa shape index (κ2) is 2.79. The quantitative estimate of drug-likeness (QED) is 0.485. The summed E-state index contributed by atoms with van der Waals surface area (Å²) < 4.78 is 0. The van der Waals surface area contributed by atoms with Gasteiger partial charge in [-0.15, -0.1) is 0 Å². The monoisotopic (exact) mass is 203 g/mol. The van der Waals surface area contributed by atoms with Crippen molar-refractivity contribution in [3.8, 4) is 0 Å². The molecule has 1 aliphatic carbocycles. The first kappa shape index (κ1) is 8.40. The van der Waals surface area contributed by atoms with Crippen LogP contribution in [-0.4, -0.2) is 10.1 Å². The number of aryl methyl sites for hydroxylation is 1. The van der Waals surface area contributed by atoms with Crippen molar-refractivity contribution in [3.05, 3.63) is 39.0 Å². The normalized spacial score (nSPS) is 14.4. The smallest absolute Gasteiger partial charge is 0.253 e. The maximum atomic E-state index is 11.6. The maximum Gasteiger partial charge on any atom is 0.253 e. The van der Waals surface area contributed by atoms with Crippen LogP contribution in [-0.2, 0) is 12.8 Å². The number of aromatic amines is 1. The van der Waals surface area contributed by atoms with Crippen LogP contribution in [0, 0.1) is 5.21 Å². The summed E-state index contributed by atoms with van der Waals surface area (Å²) in [5, 5.41) is 15.6. The Bertz CT molecular complexity index is 603. The molecule has 0 bridgehead atoms. The van der Waals surface area contributed by atoms with E-state index in [1.54, 1.807) is 6.07 Å². The van der Waals surface area contributed by atoms with Crippen LogP contribution in [0.3, 0.4) is 0 Å². The molecule has 0 unspecified atom stereocenters.